The van der Waals surface area contributed by atoms with Crippen LogP contribution in [0.25, 0.3) is 0 Å². The molecular weight excluding hydrogens is 261 g/mol. The predicted octanol–water partition coefficient (Wildman–Crippen LogP) is 1.95. The first-order valence-corrected chi connectivity index (χ1v) is 6.18. The molecule has 0 N–H and O–H groups in total. The third-order valence-corrected chi connectivity index (χ3v) is 2.78. The minimum atomic E-state index is 0.111. The molecule has 1 aromatic rings. The maximum Gasteiger partial charge on any atom is 0.245 e. The Kier molecular flexibility index (Phi) is 5.36. The molecule has 0 aliphatic carbocycles. The zero-order valence-corrected chi connectivity index (χ0v) is 12.0. The number of hydrogen-bond donors (Lipinski definition) is 0. The van der Waals surface area contributed by atoms with E-state index in [1.54, 1.807) is 0 Å². The van der Waals surface area contributed by atoms with Gasteiger partial charge in [-0.25, -0.2) is 0 Å². The predicted molar refractivity (Wildman–Crippen MR) is 70.9 cm³/mol. The summed E-state index contributed by atoms with van der Waals surface area (Å²) in [6.45, 7) is 5.82. The van der Waals surface area contributed by atoms with Gasteiger partial charge in [0, 0.05) is 19.1 Å². The second kappa shape index (κ2) is 6.33. The molecule has 1 aromatic heterocycles. The Bertz CT molecular complexity index is 372. The first-order valence-electron chi connectivity index (χ1n) is 5.42. The molecule has 0 aliphatic rings. The Labute approximate surface area is 112 Å². The summed E-state index contributed by atoms with van der Waals surface area (Å²) in [7, 11) is 4.05. The van der Waals surface area contributed by atoms with Gasteiger partial charge in [0.2, 0.25) is 5.28 Å². The van der Waals surface area contributed by atoms with Gasteiger partial charge in [0.05, 0.1) is 0 Å². The van der Waals surface area contributed by atoms with Crippen molar-refractivity contribution in [1.29, 1.82) is 0 Å². The van der Waals surface area contributed by atoms with Crippen molar-refractivity contribution in [2.24, 2.45) is 0 Å². The third-order valence-electron chi connectivity index (χ3n) is 2.38. The highest BCUT2D eigenvalue weighted by Gasteiger charge is 2.19. The Morgan fingerprint density at radius 3 is 2.41 bits per heavy atom. The molecule has 17 heavy (non-hydrogen) atoms. The van der Waals surface area contributed by atoms with Gasteiger partial charge in [-0.15, -0.1) is 10.2 Å². The van der Waals surface area contributed by atoms with E-state index in [0.29, 0.717) is 5.82 Å². The summed E-state index contributed by atoms with van der Waals surface area (Å²) in [5.74, 6) is 0.587. The summed E-state index contributed by atoms with van der Waals surface area (Å²) in [5, 5.41) is 7.78. The quantitative estimate of drug-likeness (QED) is 0.823. The van der Waals surface area contributed by atoms with Crippen molar-refractivity contribution in [3.63, 3.8) is 0 Å². The molecule has 1 rings (SSSR count). The first-order chi connectivity index (χ1) is 7.95. The maximum atomic E-state index is 6.00. The van der Waals surface area contributed by atoms with Crippen LogP contribution in [-0.2, 0) is 0 Å². The lowest BCUT2D eigenvalue weighted by molar-refractivity contribution is 0.372. The number of anilines is 1. The molecule has 1 unspecified atom stereocenters. The summed E-state index contributed by atoms with van der Waals surface area (Å²) in [5.41, 5.74) is 0. The zero-order valence-electron chi connectivity index (χ0n) is 10.5. The molecule has 0 saturated carbocycles. The topological polar surface area (TPSA) is 45.2 Å². The summed E-state index contributed by atoms with van der Waals surface area (Å²) in [6.07, 6.45) is 0. The van der Waals surface area contributed by atoms with Crippen molar-refractivity contribution < 1.29 is 0 Å². The first kappa shape index (κ1) is 14.4. The van der Waals surface area contributed by atoms with Gasteiger partial charge in [-0.05, 0) is 39.5 Å². The van der Waals surface area contributed by atoms with Crippen LogP contribution < -0.4 is 4.90 Å². The molecule has 1 atom stereocenters. The highest BCUT2D eigenvalue weighted by Crippen LogP contribution is 2.23. The molecule has 0 fully saturated rings. The Morgan fingerprint density at radius 1 is 1.24 bits per heavy atom. The summed E-state index contributed by atoms with van der Waals surface area (Å²) >= 11 is 11.7. The Hall–Kier alpha value is -0.650. The van der Waals surface area contributed by atoms with Crippen LogP contribution >= 0.6 is 23.2 Å². The number of rotatable bonds is 5. The Balaban J connectivity index is 2.96. The van der Waals surface area contributed by atoms with E-state index in [4.69, 9.17) is 23.2 Å². The molecule has 96 valence electrons. The van der Waals surface area contributed by atoms with Crippen molar-refractivity contribution in [2.75, 3.05) is 32.1 Å². The number of nitrogens with zero attached hydrogens (tertiary/aromatic N) is 5. The van der Waals surface area contributed by atoms with Crippen molar-refractivity contribution in [3.8, 4) is 0 Å². The number of hydrogen-bond acceptors (Lipinski definition) is 5. The van der Waals surface area contributed by atoms with Crippen molar-refractivity contribution in [3.05, 3.63) is 10.4 Å². The molecule has 0 aliphatic heterocycles. The van der Waals surface area contributed by atoms with E-state index in [1.807, 2.05) is 21.0 Å². The molecule has 7 heteroatoms. The highest BCUT2D eigenvalue weighted by molar-refractivity contribution is 6.32. The second-order valence-corrected chi connectivity index (χ2v) is 4.79. The van der Waals surface area contributed by atoms with E-state index < -0.39 is 0 Å². The van der Waals surface area contributed by atoms with Gasteiger partial charge in [-0.2, -0.15) is 4.98 Å². The van der Waals surface area contributed by atoms with Crippen molar-refractivity contribution in [1.82, 2.24) is 20.1 Å². The van der Waals surface area contributed by atoms with Crippen LogP contribution in [0.4, 0.5) is 5.82 Å². The van der Waals surface area contributed by atoms with Crippen LogP contribution in [0.2, 0.25) is 10.4 Å². The van der Waals surface area contributed by atoms with Gasteiger partial charge in [0.25, 0.3) is 0 Å². The average Bonchev–Trinajstić information content (AvgIpc) is 2.23. The smallest absolute Gasteiger partial charge is 0.245 e. The van der Waals surface area contributed by atoms with E-state index in [2.05, 4.69) is 31.9 Å². The third kappa shape index (κ3) is 3.94. The monoisotopic (exact) mass is 277 g/mol. The second-order valence-electron chi connectivity index (χ2n) is 4.09. The summed E-state index contributed by atoms with van der Waals surface area (Å²) in [6, 6.07) is 0.264. The molecule has 0 aromatic carbocycles. The van der Waals surface area contributed by atoms with E-state index in [1.165, 1.54) is 0 Å². The number of aromatic nitrogens is 3. The lowest BCUT2D eigenvalue weighted by Crippen LogP contribution is -2.40. The van der Waals surface area contributed by atoms with Crippen LogP contribution in [-0.4, -0.2) is 53.3 Å². The SMILES string of the molecule is CCN(c1nc(Cl)nnc1Cl)C(C)CN(C)C. The molecule has 5 nitrogen and oxygen atoms in total. The molecule has 0 amide bonds. The van der Waals surface area contributed by atoms with E-state index in [-0.39, 0.29) is 16.5 Å². The van der Waals surface area contributed by atoms with E-state index in [0.717, 1.165) is 13.1 Å². The lowest BCUT2D eigenvalue weighted by atomic mass is 10.2. The number of halogens is 2. The molecule has 1 heterocycles. The van der Waals surface area contributed by atoms with Crippen molar-refractivity contribution in [2.45, 2.75) is 19.9 Å². The molecule has 0 saturated heterocycles. The van der Waals surface area contributed by atoms with Crippen LogP contribution in [0, 0.1) is 0 Å². The van der Waals surface area contributed by atoms with Gasteiger partial charge in [-0.1, -0.05) is 11.6 Å². The summed E-state index contributed by atoms with van der Waals surface area (Å²) < 4.78 is 0. The minimum Gasteiger partial charge on any atom is -0.350 e. The fourth-order valence-corrected chi connectivity index (χ4v) is 2.07. The lowest BCUT2D eigenvalue weighted by Gasteiger charge is -2.31. The van der Waals surface area contributed by atoms with Gasteiger partial charge in [0.15, 0.2) is 11.0 Å². The van der Waals surface area contributed by atoms with E-state index >= 15 is 0 Å². The fraction of sp³-hybridized carbons (Fsp3) is 0.700. The normalized spacial score (nSPS) is 12.9. The molecule has 0 radical (unpaired) electrons. The molecule has 0 spiro atoms. The minimum absolute atomic E-state index is 0.111. The van der Waals surface area contributed by atoms with Crippen LogP contribution in [0.3, 0.4) is 0 Å². The zero-order chi connectivity index (χ0) is 13.0. The highest BCUT2D eigenvalue weighted by atomic mass is 35.5. The Morgan fingerprint density at radius 2 is 1.88 bits per heavy atom. The molecular formula is C10H17Cl2N5. The van der Waals surface area contributed by atoms with Crippen LogP contribution in [0.15, 0.2) is 0 Å². The largest absolute Gasteiger partial charge is 0.350 e. The molecule has 0 bridgehead atoms. The van der Waals surface area contributed by atoms with Crippen molar-refractivity contribution >= 4 is 29.0 Å². The van der Waals surface area contributed by atoms with E-state index in [9.17, 15) is 0 Å². The van der Waals surface area contributed by atoms with Crippen LogP contribution in [0.1, 0.15) is 13.8 Å². The van der Waals surface area contributed by atoms with Gasteiger partial charge in [-0.3, -0.25) is 0 Å². The fourth-order valence-electron chi connectivity index (χ4n) is 1.77. The van der Waals surface area contributed by atoms with Gasteiger partial charge >= 0.3 is 0 Å². The number of likely N-dealkylation sites (N-methyl/N-ethyl adjacent to an activating group) is 2. The van der Waals surface area contributed by atoms with Gasteiger partial charge in [0.1, 0.15) is 0 Å². The summed E-state index contributed by atoms with van der Waals surface area (Å²) in [4.78, 5) is 8.31. The average molecular weight is 278 g/mol. The van der Waals surface area contributed by atoms with Crippen LogP contribution in [0.5, 0.6) is 0 Å². The standard InChI is InChI=1S/C10H17Cl2N5/c1-5-17(7(2)6-16(3)4)9-8(11)14-15-10(12)13-9/h7H,5-6H2,1-4H3. The van der Waals surface area contributed by atoms with Gasteiger partial charge < -0.3 is 9.80 Å². The maximum absolute atomic E-state index is 6.00.